The molecule has 1 amide bonds. The molecule has 1 fully saturated rings. The van der Waals surface area contributed by atoms with Crippen LogP contribution in [0, 0.1) is 0 Å². The number of ether oxygens (including phenoxy) is 2. The Morgan fingerprint density at radius 1 is 1.26 bits per heavy atom. The standard InChI is InChI=1S/C18H28N2O3/c19-10-4-11-20(15-16-5-2-1-3-6-16)18(21)9-14-23-17-7-12-22-13-8-17/h1-3,5-6,17H,4,7-15,19H2. The van der Waals surface area contributed by atoms with Gasteiger partial charge in [-0.25, -0.2) is 0 Å². The summed E-state index contributed by atoms with van der Waals surface area (Å²) in [7, 11) is 0. The largest absolute Gasteiger partial charge is 0.381 e. The topological polar surface area (TPSA) is 64.8 Å². The van der Waals surface area contributed by atoms with Crippen LogP contribution < -0.4 is 5.73 Å². The average molecular weight is 320 g/mol. The number of carbonyl (C=O) groups excluding carboxylic acids is 1. The third kappa shape index (κ3) is 6.69. The van der Waals surface area contributed by atoms with E-state index in [-0.39, 0.29) is 12.0 Å². The predicted octanol–water partition coefficient (Wildman–Crippen LogP) is 1.95. The summed E-state index contributed by atoms with van der Waals surface area (Å²) in [6, 6.07) is 10.1. The second-order valence-electron chi connectivity index (χ2n) is 5.88. The van der Waals surface area contributed by atoms with Gasteiger partial charge in [0, 0.05) is 26.3 Å². The Hall–Kier alpha value is -1.43. The van der Waals surface area contributed by atoms with E-state index in [1.807, 2.05) is 35.2 Å². The number of rotatable bonds is 9. The average Bonchev–Trinajstić information content (AvgIpc) is 2.60. The molecule has 5 heteroatoms. The van der Waals surface area contributed by atoms with Gasteiger partial charge in [-0.15, -0.1) is 0 Å². The highest BCUT2D eigenvalue weighted by Crippen LogP contribution is 2.12. The molecule has 1 heterocycles. The molecule has 0 spiro atoms. The molecule has 1 aromatic carbocycles. The molecule has 0 atom stereocenters. The fraction of sp³-hybridized carbons (Fsp3) is 0.611. The summed E-state index contributed by atoms with van der Waals surface area (Å²) in [5.74, 6) is 0.134. The third-order valence-electron chi connectivity index (χ3n) is 4.04. The van der Waals surface area contributed by atoms with Gasteiger partial charge < -0.3 is 20.1 Å². The first-order valence-corrected chi connectivity index (χ1v) is 8.50. The van der Waals surface area contributed by atoms with E-state index < -0.39 is 0 Å². The van der Waals surface area contributed by atoms with Gasteiger partial charge in [0.1, 0.15) is 0 Å². The van der Waals surface area contributed by atoms with Crippen molar-refractivity contribution < 1.29 is 14.3 Å². The zero-order valence-corrected chi connectivity index (χ0v) is 13.8. The van der Waals surface area contributed by atoms with Crippen LogP contribution in [0.3, 0.4) is 0 Å². The SMILES string of the molecule is NCCCN(Cc1ccccc1)C(=O)CCOC1CCOCC1. The van der Waals surface area contributed by atoms with Crippen LogP contribution in [0.4, 0.5) is 0 Å². The molecule has 1 aromatic rings. The van der Waals surface area contributed by atoms with E-state index in [1.165, 1.54) is 0 Å². The van der Waals surface area contributed by atoms with Gasteiger partial charge in [-0.3, -0.25) is 4.79 Å². The summed E-state index contributed by atoms with van der Waals surface area (Å²) < 4.78 is 11.1. The van der Waals surface area contributed by atoms with Crippen LogP contribution >= 0.6 is 0 Å². The Morgan fingerprint density at radius 2 is 2.00 bits per heavy atom. The van der Waals surface area contributed by atoms with Gasteiger partial charge in [0.25, 0.3) is 0 Å². The van der Waals surface area contributed by atoms with Crippen molar-refractivity contribution in [3.63, 3.8) is 0 Å². The second kappa shape index (κ2) is 10.4. The first kappa shape index (κ1) is 17.9. The van der Waals surface area contributed by atoms with Crippen LogP contribution in [-0.4, -0.2) is 49.8 Å². The van der Waals surface area contributed by atoms with E-state index >= 15 is 0 Å². The number of benzene rings is 1. The fourth-order valence-electron chi connectivity index (χ4n) is 2.69. The highest BCUT2D eigenvalue weighted by Gasteiger charge is 2.17. The van der Waals surface area contributed by atoms with E-state index in [4.69, 9.17) is 15.2 Å². The predicted molar refractivity (Wildman–Crippen MR) is 89.9 cm³/mol. The van der Waals surface area contributed by atoms with Gasteiger partial charge in [-0.2, -0.15) is 0 Å². The highest BCUT2D eigenvalue weighted by molar-refractivity contribution is 5.76. The fourth-order valence-corrected chi connectivity index (χ4v) is 2.69. The molecule has 0 saturated carbocycles. The maximum absolute atomic E-state index is 12.5. The van der Waals surface area contributed by atoms with Crippen LogP contribution in [-0.2, 0) is 20.8 Å². The van der Waals surface area contributed by atoms with Crippen LogP contribution in [0.5, 0.6) is 0 Å². The summed E-state index contributed by atoms with van der Waals surface area (Å²) in [5, 5.41) is 0. The Bertz CT molecular complexity index is 447. The lowest BCUT2D eigenvalue weighted by atomic mass is 10.1. The van der Waals surface area contributed by atoms with Crippen LogP contribution in [0.2, 0.25) is 0 Å². The summed E-state index contributed by atoms with van der Waals surface area (Å²) in [5.41, 5.74) is 6.74. The normalized spacial score (nSPS) is 15.5. The van der Waals surface area contributed by atoms with E-state index in [0.29, 0.717) is 32.7 Å². The summed E-state index contributed by atoms with van der Waals surface area (Å²) in [4.78, 5) is 14.4. The minimum absolute atomic E-state index is 0.134. The quantitative estimate of drug-likeness (QED) is 0.755. The number of carbonyl (C=O) groups is 1. The summed E-state index contributed by atoms with van der Waals surface area (Å²) >= 11 is 0. The molecule has 128 valence electrons. The lowest BCUT2D eigenvalue weighted by Crippen LogP contribution is -2.33. The van der Waals surface area contributed by atoms with Crippen molar-refractivity contribution in [1.82, 2.24) is 4.90 Å². The maximum atomic E-state index is 12.5. The van der Waals surface area contributed by atoms with E-state index in [1.54, 1.807) is 0 Å². The molecular weight excluding hydrogens is 292 g/mol. The Kier molecular flexibility index (Phi) is 8.07. The van der Waals surface area contributed by atoms with Gasteiger partial charge in [0.15, 0.2) is 0 Å². The number of hydrogen-bond acceptors (Lipinski definition) is 4. The van der Waals surface area contributed by atoms with Crippen molar-refractivity contribution in [3.8, 4) is 0 Å². The lowest BCUT2D eigenvalue weighted by Gasteiger charge is -2.25. The minimum atomic E-state index is 0.134. The number of amides is 1. The molecule has 1 aliphatic heterocycles. The van der Waals surface area contributed by atoms with Gasteiger partial charge >= 0.3 is 0 Å². The number of nitrogens with two attached hydrogens (primary N) is 1. The smallest absolute Gasteiger partial charge is 0.225 e. The first-order valence-electron chi connectivity index (χ1n) is 8.50. The van der Waals surface area contributed by atoms with Gasteiger partial charge in [-0.1, -0.05) is 30.3 Å². The molecule has 23 heavy (non-hydrogen) atoms. The van der Waals surface area contributed by atoms with Gasteiger partial charge in [-0.05, 0) is 31.4 Å². The van der Waals surface area contributed by atoms with Crippen molar-refractivity contribution in [2.24, 2.45) is 5.73 Å². The Balaban J connectivity index is 1.78. The van der Waals surface area contributed by atoms with E-state index in [9.17, 15) is 4.79 Å². The summed E-state index contributed by atoms with van der Waals surface area (Å²) in [6.45, 7) is 3.93. The zero-order chi connectivity index (χ0) is 16.3. The second-order valence-corrected chi connectivity index (χ2v) is 5.88. The Labute approximate surface area is 138 Å². The molecule has 0 aliphatic carbocycles. The molecule has 0 aromatic heterocycles. The summed E-state index contributed by atoms with van der Waals surface area (Å²) in [6.07, 6.45) is 3.33. The number of hydrogen-bond donors (Lipinski definition) is 1. The molecule has 1 saturated heterocycles. The minimum Gasteiger partial charge on any atom is -0.381 e. The highest BCUT2D eigenvalue weighted by atomic mass is 16.5. The maximum Gasteiger partial charge on any atom is 0.225 e. The Morgan fingerprint density at radius 3 is 2.70 bits per heavy atom. The van der Waals surface area contributed by atoms with Crippen molar-refractivity contribution >= 4 is 5.91 Å². The monoisotopic (exact) mass is 320 g/mol. The molecular formula is C18H28N2O3. The molecule has 5 nitrogen and oxygen atoms in total. The number of nitrogens with zero attached hydrogens (tertiary/aromatic N) is 1. The molecule has 0 bridgehead atoms. The molecule has 2 N–H and O–H groups in total. The molecule has 1 aliphatic rings. The van der Waals surface area contributed by atoms with Gasteiger partial charge in [0.05, 0.1) is 19.1 Å². The third-order valence-corrected chi connectivity index (χ3v) is 4.04. The molecule has 0 radical (unpaired) electrons. The van der Waals surface area contributed by atoms with E-state index in [2.05, 4.69) is 0 Å². The first-order chi connectivity index (χ1) is 11.3. The van der Waals surface area contributed by atoms with Gasteiger partial charge in [0.2, 0.25) is 5.91 Å². The van der Waals surface area contributed by atoms with Crippen molar-refractivity contribution in [2.45, 2.75) is 38.3 Å². The zero-order valence-electron chi connectivity index (χ0n) is 13.8. The van der Waals surface area contributed by atoms with Crippen LogP contribution in [0.1, 0.15) is 31.2 Å². The van der Waals surface area contributed by atoms with Crippen molar-refractivity contribution in [1.29, 1.82) is 0 Å². The lowest BCUT2D eigenvalue weighted by molar-refractivity contribution is -0.134. The molecule has 0 unspecified atom stereocenters. The van der Waals surface area contributed by atoms with Crippen LogP contribution in [0.25, 0.3) is 0 Å². The van der Waals surface area contributed by atoms with E-state index in [0.717, 1.165) is 38.0 Å². The van der Waals surface area contributed by atoms with Crippen molar-refractivity contribution in [2.75, 3.05) is 32.9 Å². The van der Waals surface area contributed by atoms with Crippen LogP contribution in [0.15, 0.2) is 30.3 Å². The molecule has 2 rings (SSSR count). The van der Waals surface area contributed by atoms with Crippen molar-refractivity contribution in [3.05, 3.63) is 35.9 Å².